The van der Waals surface area contributed by atoms with Gasteiger partial charge in [0, 0.05) is 18.2 Å². The highest BCUT2D eigenvalue weighted by atomic mass is 19.1. The second kappa shape index (κ2) is 6.98. The van der Waals surface area contributed by atoms with E-state index >= 15 is 0 Å². The molecule has 0 aliphatic rings. The van der Waals surface area contributed by atoms with Crippen molar-refractivity contribution >= 4 is 17.3 Å². The van der Waals surface area contributed by atoms with Crippen LogP contribution in [0.25, 0.3) is 0 Å². The van der Waals surface area contributed by atoms with E-state index in [1.54, 1.807) is 13.8 Å². The lowest BCUT2D eigenvalue weighted by atomic mass is 10.2. The Hall–Kier alpha value is -1.98. The van der Waals surface area contributed by atoms with E-state index in [1.165, 1.54) is 12.1 Å². The average Bonchev–Trinajstić information content (AvgIpc) is 2.29. The van der Waals surface area contributed by atoms with Crippen molar-refractivity contribution in [3.05, 3.63) is 17.9 Å². The summed E-state index contributed by atoms with van der Waals surface area (Å²) in [6.07, 6.45) is -0.148. The summed E-state index contributed by atoms with van der Waals surface area (Å²) in [7, 11) is 0. The number of rotatable bonds is 6. The van der Waals surface area contributed by atoms with Gasteiger partial charge in [0.2, 0.25) is 5.91 Å². The summed E-state index contributed by atoms with van der Waals surface area (Å²) in [5.41, 5.74) is 6.42. The Labute approximate surface area is 118 Å². The third-order valence-electron chi connectivity index (χ3n) is 2.36. The lowest BCUT2D eigenvalue weighted by molar-refractivity contribution is -0.119. The number of nitrogens with two attached hydrogens (primary N) is 1. The molecule has 112 valence electrons. The predicted octanol–water partition coefficient (Wildman–Crippen LogP) is 2.13. The summed E-state index contributed by atoms with van der Waals surface area (Å²) in [5, 5.41) is 5.62. The van der Waals surface area contributed by atoms with Crippen molar-refractivity contribution in [3.63, 3.8) is 0 Å². The molecule has 0 heterocycles. The van der Waals surface area contributed by atoms with E-state index in [4.69, 9.17) is 10.5 Å². The normalized spacial score (nSPS) is 10.8. The van der Waals surface area contributed by atoms with Crippen molar-refractivity contribution < 1.29 is 13.9 Å². The first-order valence-electron chi connectivity index (χ1n) is 6.58. The monoisotopic (exact) mass is 283 g/mol. The van der Waals surface area contributed by atoms with Gasteiger partial charge in [0.15, 0.2) is 11.6 Å². The summed E-state index contributed by atoms with van der Waals surface area (Å²) in [4.78, 5) is 11.5. The van der Waals surface area contributed by atoms with Gasteiger partial charge in [0.25, 0.3) is 0 Å². The maximum absolute atomic E-state index is 13.6. The smallest absolute Gasteiger partial charge is 0.239 e. The zero-order chi connectivity index (χ0) is 15.3. The molecule has 1 aromatic rings. The van der Waals surface area contributed by atoms with Gasteiger partial charge in [-0.25, -0.2) is 4.39 Å². The number of halogens is 1. The fraction of sp³-hybridized carbons (Fsp3) is 0.500. The number of hydrogen-bond acceptors (Lipinski definition) is 4. The minimum Gasteiger partial charge on any atom is -0.488 e. The lowest BCUT2D eigenvalue weighted by Crippen LogP contribution is -2.34. The fourth-order valence-electron chi connectivity index (χ4n) is 1.61. The van der Waals surface area contributed by atoms with Gasteiger partial charge in [-0.2, -0.15) is 0 Å². The molecule has 1 aromatic carbocycles. The van der Waals surface area contributed by atoms with E-state index in [0.717, 1.165) is 0 Å². The van der Waals surface area contributed by atoms with E-state index in [9.17, 15) is 9.18 Å². The van der Waals surface area contributed by atoms with Crippen molar-refractivity contribution in [1.29, 1.82) is 0 Å². The summed E-state index contributed by atoms with van der Waals surface area (Å²) < 4.78 is 19.0. The second-order valence-electron chi connectivity index (χ2n) is 5.11. The molecular weight excluding hydrogens is 261 g/mol. The molecule has 0 saturated heterocycles. The van der Waals surface area contributed by atoms with Crippen LogP contribution in [0.5, 0.6) is 5.75 Å². The molecule has 0 bridgehead atoms. The third kappa shape index (κ3) is 4.95. The summed E-state index contributed by atoms with van der Waals surface area (Å²) >= 11 is 0. The number of benzene rings is 1. The van der Waals surface area contributed by atoms with E-state index in [-0.39, 0.29) is 36.0 Å². The van der Waals surface area contributed by atoms with Crippen LogP contribution in [0.15, 0.2) is 12.1 Å². The molecule has 1 rings (SSSR count). The van der Waals surface area contributed by atoms with Crippen LogP contribution >= 0.6 is 0 Å². The maximum atomic E-state index is 13.6. The topological polar surface area (TPSA) is 76.4 Å². The Balaban J connectivity index is 2.76. The highest BCUT2D eigenvalue weighted by Crippen LogP contribution is 2.28. The summed E-state index contributed by atoms with van der Waals surface area (Å²) in [6.45, 7) is 7.42. The Kier molecular flexibility index (Phi) is 5.61. The van der Waals surface area contributed by atoms with Gasteiger partial charge in [-0.1, -0.05) is 0 Å². The zero-order valence-corrected chi connectivity index (χ0v) is 12.3. The average molecular weight is 283 g/mol. The Morgan fingerprint density at radius 1 is 1.35 bits per heavy atom. The molecule has 6 heteroatoms. The Morgan fingerprint density at radius 2 is 2.00 bits per heavy atom. The molecule has 0 aliphatic heterocycles. The molecule has 0 radical (unpaired) electrons. The predicted molar refractivity (Wildman–Crippen MR) is 78.3 cm³/mol. The number of ether oxygens (including phenoxy) is 1. The largest absolute Gasteiger partial charge is 0.488 e. The van der Waals surface area contributed by atoms with Gasteiger partial charge in [-0.15, -0.1) is 0 Å². The van der Waals surface area contributed by atoms with E-state index in [2.05, 4.69) is 10.6 Å². The fourth-order valence-corrected chi connectivity index (χ4v) is 1.61. The van der Waals surface area contributed by atoms with E-state index < -0.39 is 5.82 Å². The lowest BCUT2D eigenvalue weighted by Gasteiger charge is -2.15. The van der Waals surface area contributed by atoms with Gasteiger partial charge in [-0.3, -0.25) is 4.79 Å². The standard InChI is InChI=1S/C14H22FN3O2/c1-8(2)18-14(19)7-17-12-6-13(20-9(3)4)10(15)5-11(12)16/h5-6,8-9,17H,7,16H2,1-4H3,(H,18,19). The summed E-state index contributed by atoms with van der Waals surface area (Å²) in [5.74, 6) is -0.565. The highest BCUT2D eigenvalue weighted by Gasteiger charge is 2.11. The molecule has 0 aliphatic carbocycles. The van der Waals surface area contributed by atoms with Gasteiger partial charge >= 0.3 is 0 Å². The molecule has 1 amide bonds. The number of nitrogens with one attached hydrogen (secondary N) is 2. The zero-order valence-electron chi connectivity index (χ0n) is 12.3. The van der Waals surface area contributed by atoms with Crippen molar-refractivity contribution in [1.82, 2.24) is 5.32 Å². The molecule has 4 N–H and O–H groups in total. The molecule has 0 aromatic heterocycles. The Morgan fingerprint density at radius 3 is 2.55 bits per heavy atom. The molecule has 0 atom stereocenters. The van der Waals surface area contributed by atoms with Crippen LogP contribution in [0.3, 0.4) is 0 Å². The number of carbonyl (C=O) groups is 1. The first-order chi connectivity index (χ1) is 9.29. The second-order valence-corrected chi connectivity index (χ2v) is 5.11. The third-order valence-corrected chi connectivity index (χ3v) is 2.36. The first kappa shape index (κ1) is 16.1. The van der Waals surface area contributed by atoms with Crippen molar-refractivity contribution in [2.24, 2.45) is 0 Å². The number of amides is 1. The van der Waals surface area contributed by atoms with E-state index in [0.29, 0.717) is 5.69 Å². The highest BCUT2D eigenvalue weighted by molar-refractivity contribution is 5.82. The van der Waals surface area contributed by atoms with Gasteiger partial charge in [0.05, 0.1) is 24.0 Å². The SMILES string of the molecule is CC(C)NC(=O)CNc1cc(OC(C)C)c(F)cc1N. The van der Waals surface area contributed by atoms with Crippen LogP contribution in [0, 0.1) is 5.82 Å². The maximum Gasteiger partial charge on any atom is 0.239 e. The minimum atomic E-state index is -0.520. The molecule has 0 spiro atoms. The number of carbonyl (C=O) groups excluding carboxylic acids is 1. The molecule has 0 saturated carbocycles. The van der Waals surface area contributed by atoms with Crippen LogP contribution in [0.4, 0.5) is 15.8 Å². The van der Waals surface area contributed by atoms with Crippen molar-refractivity contribution in [2.75, 3.05) is 17.6 Å². The number of anilines is 2. The molecular formula is C14H22FN3O2. The molecule has 20 heavy (non-hydrogen) atoms. The van der Waals surface area contributed by atoms with Crippen LogP contribution in [-0.4, -0.2) is 24.6 Å². The van der Waals surface area contributed by atoms with Crippen molar-refractivity contribution in [2.45, 2.75) is 39.8 Å². The van der Waals surface area contributed by atoms with Crippen LogP contribution < -0.4 is 21.1 Å². The van der Waals surface area contributed by atoms with Gasteiger partial charge in [-0.05, 0) is 27.7 Å². The quantitative estimate of drug-likeness (QED) is 0.699. The molecule has 5 nitrogen and oxygen atoms in total. The van der Waals surface area contributed by atoms with Crippen LogP contribution in [0.1, 0.15) is 27.7 Å². The Bertz CT molecular complexity index is 476. The van der Waals surface area contributed by atoms with Gasteiger partial charge in [0.1, 0.15) is 0 Å². The first-order valence-corrected chi connectivity index (χ1v) is 6.58. The summed E-state index contributed by atoms with van der Waals surface area (Å²) in [6, 6.07) is 2.71. The molecule has 0 unspecified atom stereocenters. The van der Waals surface area contributed by atoms with Crippen molar-refractivity contribution in [3.8, 4) is 5.75 Å². The number of nitrogen functional groups attached to an aromatic ring is 1. The number of hydrogen-bond donors (Lipinski definition) is 3. The van der Waals surface area contributed by atoms with E-state index in [1.807, 2.05) is 13.8 Å². The van der Waals surface area contributed by atoms with Gasteiger partial charge < -0.3 is 21.1 Å². The minimum absolute atomic E-state index is 0.0645. The van der Waals surface area contributed by atoms with Crippen LogP contribution in [0.2, 0.25) is 0 Å². The van der Waals surface area contributed by atoms with Crippen LogP contribution in [-0.2, 0) is 4.79 Å². The molecule has 0 fully saturated rings.